The molecular weight excluding hydrogens is 571 g/mol. The molecular formula is C15H12F6O7RuS2. The van der Waals surface area contributed by atoms with Gasteiger partial charge in [0, 0.05) is 6.42 Å². The van der Waals surface area contributed by atoms with E-state index >= 15 is 0 Å². The summed E-state index contributed by atoms with van der Waals surface area (Å²) >= 11 is 0. The number of ketones is 1. The van der Waals surface area contributed by atoms with Crippen molar-refractivity contribution in [2.75, 3.05) is 0 Å². The second-order valence-corrected chi connectivity index (χ2v) is 7.97. The molecule has 0 saturated heterocycles. The van der Waals surface area contributed by atoms with Crippen molar-refractivity contribution in [1.82, 2.24) is 0 Å². The molecule has 0 bridgehead atoms. The molecule has 0 aromatic heterocycles. The van der Waals surface area contributed by atoms with Crippen molar-refractivity contribution in [2.45, 2.75) is 17.4 Å². The van der Waals surface area contributed by atoms with Crippen molar-refractivity contribution in [1.29, 1.82) is 0 Å². The number of benzene rings is 1. The van der Waals surface area contributed by atoms with Gasteiger partial charge in [-0.15, -0.1) is 0 Å². The number of halogens is 6. The predicted octanol–water partition coefficient (Wildman–Crippen LogP) is 2.64. The normalized spacial score (nSPS) is 13.9. The predicted molar refractivity (Wildman–Crippen MR) is 88.4 cm³/mol. The fraction of sp³-hybridized carbons (Fsp3) is 0.267. The minimum Gasteiger partial charge on any atom is -0.741 e. The van der Waals surface area contributed by atoms with Crippen molar-refractivity contribution >= 4 is 26.0 Å². The van der Waals surface area contributed by atoms with Crippen LogP contribution in [0.5, 0.6) is 0 Å². The van der Waals surface area contributed by atoms with Crippen LogP contribution in [0, 0.1) is 5.92 Å². The molecule has 0 saturated carbocycles. The summed E-state index contributed by atoms with van der Waals surface area (Å²) in [6.45, 7) is 0. The number of hydrogen-bond donors (Lipinski definition) is 0. The first-order valence-electron chi connectivity index (χ1n) is 7.32. The Bertz CT molecular complexity index is 915. The first-order chi connectivity index (χ1) is 13.4. The van der Waals surface area contributed by atoms with Crippen molar-refractivity contribution < 1.29 is 76.6 Å². The first-order valence-corrected chi connectivity index (χ1v) is 10.1. The molecule has 0 aliphatic heterocycles. The first kappa shape index (κ1) is 31.6. The van der Waals surface area contributed by atoms with E-state index in [0.29, 0.717) is 6.42 Å². The second kappa shape index (κ2) is 12.4. The van der Waals surface area contributed by atoms with Crippen molar-refractivity contribution in [3.8, 4) is 0 Å². The van der Waals surface area contributed by atoms with Crippen LogP contribution in [-0.2, 0) is 50.9 Å². The van der Waals surface area contributed by atoms with E-state index in [-0.39, 0.29) is 31.2 Å². The minimum absolute atomic E-state index is 0. The number of rotatable bonds is 3. The third-order valence-corrected chi connectivity index (χ3v) is 4.04. The van der Waals surface area contributed by atoms with Crippen LogP contribution in [0.4, 0.5) is 26.3 Å². The number of hydrogen-bond acceptors (Lipinski definition) is 7. The Morgan fingerprint density at radius 3 is 1.42 bits per heavy atom. The standard InChI is InChI=1S/C13H12O.2CHF3O3S.Ru/c14-13(12-8-4-5-9-12)10-11-6-2-1-3-7-11;2*2-1(3,4)8(5,6)7;/h1-9,12H,10H2;2*(H,5,6,7);/q;;;+2/p-2. The van der Waals surface area contributed by atoms with E-state index in [2.05, 4.69) is 0 Å². The van der Waals surface area contributed by atoms with Crippen molar-refractivity contribution in [2.24, 2.45) is 5.92 Å². The summed E-state index contributed by atoms with van der Waals surface area (Å²) in [6, 6.07) is 9.86. The maximum atomic E-state index is 11.7. The Hall–Kier alpha value is -1.61. The van der Waals surface area contributed by atoms with Gasteiger partial charge in [-0.3, -0.25) is 4.79 Å². The summed E-state index contributed by atoms with van der Waals surface area (Å²) in [4.78, 5) is 11.7. The molecule has 7 nitrogen and oxygen atoms in total. The van der Waals surface area contributed by atoms with Crippen LogP contribution in [0.25, 0.3) is 0 Å². The molecule has 1 aliphatic carbocycles. The van der Waals surface area contributed by atoms with Gasteiger partial charge in [-0.2, -0.15) is 26.3 Å². The zero-order valence-electron chi connectivity index (χ0n) is 14.8. The zero-order chi connectivity index (χ0) is 23.8. The Morgan fingerprint density at radius 1 is 0.806 bits per heavy atom. The van der Waals surface area contributed by atoms with Gasteiger partial charge in [0.1, 0.15) is 5.78 Å². The van der Waals surface area contributed by atoms with Crippen molar-refractivity contribution in [3.63, 3.8) is 0 Å². The van der Waals surface area contributed by atoms with Gasteiger partial charge < -0.3 is 9.11 Å². The average Bonchev–Trinajstić information content (AvgIpc) is 3.08. The number of alkyl halides is 6. The van der Waals surface area contributed by atoms with E-state index in [9.17, 15) is 31.1 Å². The number of carbonyl (C=O) groups is 1. The zero-order valence-corrected chi connectivity index (χ0v) is 18.1. The van der Waals surface area contributed by atoms with E-state index in [1.807, 2.05) is 54.6 Å². The molecule has 1 aliphatic rings. The van der Waals surface area contributed by atoms with Gasteiger partial charge in [0.15, 0.2) is 20.2 Å². The molecule has 0 atom stereocenters. The van der Waals surface area contributed by atoms with E-state index < -0.39 is 31.3 Å². The van der Waals surface area contributed by atoms with Crippen molar-refractivity contribution in [3.05, 3.63) is 60.2 Å². The maximum absolute atomic E-state index is 11.7. The SMILES string of the molecule is O=C(Cc1ccccc1)C1C=CC=C1.O=S(=O)([O-])C(F)(F)F.O=S(=O)([O-])C(F)(F)F.[Ru+2]. The van der Waals surface area contributed by atoms with Crippen LogP contribution < -0.4 is 0 Å². The fourth-order valence-corrected chi connectivity index (χ4v) is 1.56. The molecule has 31 heavy (non-hydrogen) atoms. The van der Waals surface area contributed by atoms with Gasteiger partial charge in [0.05, 0.1) is 5.92 Å². The molecule has 1 aromatic carbocycles. The summed E-state index contributed by atoms with van der Waals surface area (Å²) < 4.78 is 118. The molecule has 0 N–H and O–H groups in total. The van der Waals surface area contributed by atoms with Gasteiger partial charge in [0.25, 0.3) is 0 Å². The van der Waals surface area contributed by atoms with E-state index in [1.165, 1.54) is 0 Å². The summed E-state index contributed by atoms with van der Waals surface area (Å²) in [5.74, 6) is 0.261. The third kappa shape index (κ3) is 12.7. The monoisotopic (exact) mass is 584 g/mol. The topological polar surface area (TPSA) is 131 Å². The number of carbonyl (C=O) groups excluding carboxylic acids is 1. The Kier molecular flexibility index (Phi) is 12.7. The van der Waals surface area contributed by atoms with Crippen LogP contribution in [0.15, 0.2) is 54.6 Å². The van der Waals surface area contributed by atoms with E-state index in [1.54, 1.807) is 0 Å². The average molecular weight is 583 g/mol. The Balaban J connectivity index is 0. The summed E-state index contributed by atoms with van der Waals surface area (Å²) in [5, 5.41) is 0. The molecule has 0 radical (unpaired) electrons. The quantitative estimate of drug-likeness (QED) is 0.231. The summed E-state index contributed by atoms with van der Waals surface area (Å²) in [6.07, 6.45) is 8.25. The molecule has 0 spiro atoms. The molecule has 0 unspecified atom stereocenters. The minimum atomic E-state index is -6.09. The molecule has 2 rings (SSSR count). The largest absolute Gasteiger partial charge is 2.00 e. The molecule has 16 heteroatoms. The number of allylic oxidation sites excluding steroid dienone is 4. The summed E-state index contributed by atoms with van der Waals surface area (Å²) in [5.41, 5.74) is -10.2. The Labute approximate surface area is 186 Å². The van der Waals surface area contributed by atoms with Crippen LogP contribution >= 0.6 is 0 Å². The van der Waals surface area contributed by atoms with Gasteiger partial charge >= 0.3 is 30.5 Å². The van der Waals surface area contributed by atoms with Gasteiger partial charge in [0.2, 0.25) is 0 Å². The van der Waals surface area contributed by atoms with Crippen LogP contribution in [-0.4, -0.2) is 42.7 Å². The van der Waals surface area contributed by atoms with Crippen LogP contribution in [0.3, 0.4) is 0 Å². The van der Waals surface area contributed by atoms with Gasteiger partial charge in [-0.25, -0.2) is 16.8 Å². The maximum Gasteiger partial charge on any atom is 2.00 e. The number of Topliss-reactive ketones (excluding diaryl/α,β-unsaturated/α-hetero) is 1. The van der Waals surface area contributed by atoms with E-state index in [4.69, 9.17) is 25.9 Å². The fourth-order valence-electron chi connectivity index (χ4n) is 1.56. The van der Waals surface area contributed by atoms with Crippen LogP contribution in [0.1, 0.15) is 5.56 Å². The molecule has 176 valence electrons. The van der Waals surface area contributed by atoms with E-state index in [0.717, 1.165) is 5.56 Å². The molecule has 0 heterocycles. The third-order valence-electron chi connectivity index (χ3n) is 2.91. The van der Waals surface area contributed by atoms with Gasteiger partial charge in [-0.05, 0) is 5.56 Å². The molecule has 0 fully saturated rings. The van der Waals surface area contributed by atoms with Gasteiger partial charge in [-0.1, -0.05) is 54.6 Å². The van der Waals surface area contributed by atoms with Crippen LogP contribution in [0.2, 0.25) is 0 Å². The summed E-state index contributed by atoms with van der Waals surface area (Å²) in [7, 11) is -12.2. The second-order valence-electron chi connectivity index (χ2n) is 5.22. The Morgan fingerprint density at radius 2 is 1.13 bits per heavy atom. The molecule has 1 aromatic rings. The smallest absolute Gasteiger partial charge is 0.741 e. The molecule has 0 amide bonds.